The highest BCUT2D eigenvalue weighted by Gasteiger charge is 2.10. The highest BCUT2D eigenvalue weighted by Crippen LogP contribution is 2.26. The Morgan fingerprint density at radius 2 is 1.49 bits per heavy atom. The lowest BCUT2D eigenvalue weighted by Crippen LogP contribution is -2.28. The molecule has 0 spiro atoms. The average Bonchev–Trinajstić information content (AvgIpc) is 3.37. The van der Waals surface area contributed by atoms with Gasteiger partial charge in [0, 0.05) is 24.5 Å². The zero-order valence-corrected chi connectivity index (χ0v) is 23.0. The topological polar surface area (TPSA) is 39.0 Å². The van der Waals surface area contributed by atoms with Gasteiger partial charge in [-0.3, -0.25) is 0 Å². The van der Waals surface area contributed by atoms with E-state index in [-0.39, 0.29) is 12.4 Å². The molecule has 198 valence electrons. The summed E-state index contributed by atoms with van der Waals surface area (Å²) in [4.78, 5) is 7.44. The van der Waals surface area contributed by atoms with Crippen molar-refractivity contribution in [1.29, 1.82) is 0 Å². The number of aromatic nitrogens is 2. The van der Waals surface area contributed by atoms with Gasteiger partial charge in [0.2, 0.25) is 0 Å². The number of hydrogen-bond acceptors (Lipinski definition) is 4. The molecule has 0 amide bonds. The zero-order chi connectivity index (χ0) is 25.0. The quantitative estimate of drug-likeness (QED) is 0.150. The summed E-state index contributed by atoms with van der Waals surface area (Å²) in [7, 11) is 0. The van der Waals surface area contributed by atoms with Crippen LogP contribution in [-0.2, 0) is 6.61 Å². The standard InChI is InChI=1S/C31H39N3O2.ClH/c1-3-5-19-33(20-6-4-2)21-11-23-35-28-17-15-27(16-18-28)29-24-34-22-10-14-30(31(34)32-29)36-25-26-12-8-7-9-13-26;/h7-10,12-18,22,24H,3-6,11,19-21,23,25H2,1-2H3;1H. The fourth-order valence-electron chi connectivity index (χ4n) is 4.27. The molecule has 2 aromatic carbocycles. The first-order valence-electron chi connectivity index (χ1n) is 13.4. The second-order valence-corrected chi connectivity index (χ2v) is 9.28. The third-order valence-corrected chi connectivity index (χ3v) is 6.38. The summed E-state index contributed by atoms with van der Waals surface area (Å²) in [5, 5.41) is 0. The highest BCUT2D eigenvalue weighted by molar-refractivity contribution is 5.85. The van der Waals surface area contributed by atoms with Crippen LogP contribution in [-0.4, -0.2) is 40.5 Å². The molecule has 0 saturated carbocycles. The van der Waals surface area contributed by atoms with Crippen LogP contribution in [0.4, 0.5) is 0 Å². The maximum Gasteiger partial charge on any atom is 0.180 e. The van der Waals surface area contributed by atoms with Gasteiger partial charge in [0.05, 0.1) is 12.3 Å². The third kappa shape index (κ3) is 8.51. The largest absolute Gasteiger partial charge is 0.494 e. The number of benzene rings is 2. The van der Waals surface area contributed by atoms with Gasteiger partial charge in [-0.1, -0.05) is 57.0 Å². The molecule has 0 N–H and O–H groups in total. The summed E-state index contributed by atoms with van der Waals surface area (Å²) < 4.78 is 14.1. The lowest BCUT2D eigenvalue weighted by Gasteiger charge is -2.21. The molecule has 0 aliphatic heterocycles. The van der Waals surface area contributed by atoms with Gasteiger partial charge in [0.1, 0.15) is 12.4 Å². The molecule has 6 heteroatoms. The maximum absolute atomic E-state index is 6.08. The SMILES string of the molecule is CCCCN(CCCC)CCCOc1ccc(-c2cn3cccc(OCc4ccccc4)c3n2)cc1.Cl. The van der Waals surface area contributed by atoms with Gasteiger partial charge < -0.3 is 18.8 Å². The van der Waals surface area contributed by atoms with Crippen LogP contribution in [0.15, 0.2) is 79.1 Å². The first-order chi connectivity index (χ1) is 17.8. The minimum absolute atomic E-state index is 0. The lowest BCUT2D eigenvalue weighted by atomic mass is 10.1. The van der Waals surface area contributed by atoms with Gasteiger partial charge in [0.25, 0.3) is 0 Å². The normalized spacial score (nSPS) is 11.0. The molecule has 0 saturated heterocycles. The van der Waals surface area contributed by atoms with Crippen LogP contribution >= 0.6 is 12.4 Å². The van der Waals surface area contributed by atoms with E-state index in [2.05, 4.69) is 43.0 Å². The van der Waals surface area contributed by atoms with Crippen molar-refractivity contribution in [1.82, 2.24) is 14.3 Å². The molecule has 0 atom stereocenters. The Kier molecular flexibility index (Phi) is 11.8. The van der Waals surface area contributed by atoms with Gasteiger partial charge in [-0.05, 0) is 74.3 Å². The predicted octanol–water partition coefficient (Wildman–Crippen LogP) is 7.67. The van der Waals surface area contributed by atoms with Crippen LogP contribution < -0.4 is 9.47 Å². The Labute approximate surface area is 227 Å². The summed E-state index contributed by atoms with van der Waals surface area (Å²) in [6.07, 6.45) is 10.1. The second kappa shape index (κ2) is 15.3. The van der Waals surface area contributed by atoms with Gasteiger partial charge in [-0.2, -0.15) is 0 Å². The van der Waals surface area contributed by atoms with Gasteiger partial charge in [-0.15, -0.1) is 12.4 Å². The number of halogens is 1. The summed E-state index contributed by atoms with van der Waals surface area (Å²) in [6.45, 7) is 9.28. The Morgan fingerprint density at radius 3 is 2.19 bits per heavy atom. The van der Waals surface area contributed by atoms with Crippen LogP contribution in [0.2, 0.25) is 0 Å². The van der Waals surface area contributed by atoms with E-state index in [1.807, 2.05) is 59.3 Å². The lowest BCUT2D eigenvalue weighted by molar-refractivity contribution is 0.229. The Hall–Kier alpha value is -3.02. The average molecular weight is 522 g/mol. The first kappa shape index (κ1) is 28.5. The molecule has 0 unspecified atom stereocenters. The molecule has 0 bridgehead atoms. The van der Waals surface area contributed by atoms with E-state index in [1.54, 1.807) is 0 Å². The van der Waals surface area contributed by atoms with Gasteiger partial charge in [-0.25, -0.2) is 4.98 Å². The van der Waals surface area contributed by atoms with E-state index in [0.717, 1.165) is 53.5 Å². The minimum atomic E-state index is 0. The number of ether oxygens (including phenoxy) is 2. The molecule has 2 heterocycles. The van der Waals surface area contributed by atoms with Gasteiger partial charge in [0.15, 0.2) is 11.4 Å². The Morgan fingerprint density at radius 1 is 0.784 bits per heavy atom. The van der Waals surface area contributed by atoms with E-state index in [9.17, 15) is 0 Å². The van der Waals surface area contributed by atoms with Crippen LogP contribution in [0.5, 0.6) is 11.5 Å². The number of imidazole rings is 1. The highest BCUT2D eigenvalue weighted by atomic mass is 35.5. The Bertz CT molecular complexity index is 1170. The van der Waals surface area contributed by atoms with Crippen molar-refractivity contribution in [2.45, 2.75) is 52.6 Å². The van der Waals surface area contributed by atoms with Crippen molar-refractivity contribution >= 4 is 18.1 Å². The van der Waals surface area contributed by atoms with Crippen molar-refractivity contribution in [3.05, 3.63) is 84.7 Å². The molecule has 2 aromatic heterocycles. The number of unbranched alkanes of at least 4 members (excludes halogenated alkanes) is 2. The molecule has 5 nitrogen and oxygen atoms in total. The van der Waals surface area contributed by atoms with Crippen LogP contribution in [0.3, 0.4) is 0 Å². The van der Waals surface area contributed by atoms with Crippen molar-refractivity contribution in [2.24, 2.45) is 0 Å². The fourth-order valence-corrected chi connectivity index (χ4v) is 4.27. The molecule has 0 radical (unpaired) electrons. The smallest absolute Gasteiger partial charge is 0.180 e. The number of fused-ring (bicyclic) bond motifs is 1. The number of pyridine rings is 1. The summed E-state index contributed by atoms with van der Waals surface area (Å²) in [6, 6.07) is 22.4. The maximum atomic E-state index is 6.08. The first-order valence-corrected chi connectivity index (χ1v) is 13.4. The number of hydrogen-bond donors (Lipinski definition) is 0. The van der Waals surface area contributed by atoms with E-state index < -0.39 is 0 Å². The minimum Gasteiger partial charge on any atom is -0.494 e. The van der Waals surface area contributed by atoms with Crippen molar-refractivity contribution in [3.63, 3.8) is 0 Å². The van der Waals surface area contributed by atoms with Crippen molar-refractivity contribution in [3.8, 4) is 22.8 Å². The van der Waals surface area contributed by atoms with Crippen molar-refractivity contribution in [2.75, 3.05) is 26.2 Å². The predicted molar refractivity (Wildman–Crippen MR) is 155 cm³/mol. The molecule has 0 fully saturated rings. The van der Waals surface area contributed by atoms with Crippen molar-refractivity contribution < 1.29 is 9.47 Å². The second-order valence-electron chi connectivity index (χ2n) is 9.28. The summed E-state index contributed by atoms with van der Waals surface area (Å²) in [5.41, 5.74) is 3.93. The van der Waals surface area contributed by atoms with E-state index >= 15 is 0 Å². The van der Waals surface area contributed by atoms with Crippen LogP contribution in [0.25, 0.3) is 16.9 Å². The monoisotopic (exact) mass is 521 g/mol. The van der Waals surface area contributed by atoms with Crippen LogP contribution in [0, 0.1) is 0 Å². The van der Waals surface area contributed by atoms with Gasteiger partial charge >= 0.3 is 0 Å². The molecule has 0 aliphatic carbocycles. The number of rotatable bonds is 15. The number of nitrogens with zero attached hydrogens (tertiary/aromatic N) is 3. The third-order valence-electron chi connectivity index (χ3n) is 6.38. The molecular formula is C31H40ClN3O2. The van der Waals surface area contributed by atoms with E-state index in [0.29, 0.717) is 6.61 Å². The molecule has 4 rings (SSSR count). The fraction of sp³-hybridized carbons (Fsp3) is 0.387. The van der Waals surface area contributed by atoms with E-state index in [1.165, 1.54) is 38.8 Å². The summed E-state index contributed by atoms with van der Waals surface area (Å²) in [5.74, 6) is 1.68. The summed E-state index contributed by atoms with van der Waals surface area (Å²) >= 11 is 0. The van der Waals surface area contributed by atoms with Crippen LogP contribution in [0.1, 0.15) is 51.5 Å². The molecule has 0 aliphatic rings. The molecule has 4 aromatic rings. The van der Waals surface area contributed by atoms with E-state index in [4.69, 9.17) is 14.5 Å². The molecular weight excluding hydrogens is 482 g/mol. The zero-order valence-electron chi connectivity index (χ0n) is 22.1. The Balaban J connectivity index is 0.00000380. The molecule has 37 heavy (non-hydrogen) atoms.